The van der Waals surface area contributed by atoms with Crippen LogP contribution in [0.4, 0.5) is 16.3 Å². The molecular formula is C18H28N4O4. The second kappa shape index (κ2) is 8.35. The van der Waals surface area contributed by atoms with E-state index < -0.39 is 11.5 Å². The molecule has 2 heterocycles. The fourth-order valence-corrected chi connectivity index (χ4v) is 2.96. The lowest BCUT2D eigenvalue weighted by atomic mass is 9.99. The largest absolute Gasteiger partial charge is 0.481 e. The molecule has 0 aromatic carbocycles. The number of carboxylic acid groups (broad SMARTS) is 1. The van der Waals surface area contributed by atoms with Crippen molar-refractivity contribution in [3.05, 3.63) is 18.3 Å². The predicted octanol–water partition coefficient (Wildman–Crippen LogP) is 2.46. The average molecular weight is 364 g/mol. The second-order valence-electron chi connectivity index (χ2n) is 7.42. The van der Waals surface area contributed by atoms with Crippen molar-refractivity contribution < 1.29 is 19.4 Å². The summed E-state index contributed by atoms with van der Waals surface area (Å²) in [6.45, 7) is 9.21. The van der Waals surface area contributed by atoms with E-state index in [1.807, 2.05) is 19.9 Å². The topological polar surface area (TPSA) is 104 Å². The number of nitrogens with one attached hydrogen (secondary N) is 2. The van der Waals surface area contributed by atoms with Crippen LogP contribution in [0.3, 0.4) is 0 Å². The number of rotatable bonds is 6. The van der Waals surface area contributed by atoms with Crippen molar-refractivity contribution in [1.82, 2.24) is 10.3 Å². The minimum Gasteiger partial charge on any atom is -0.481 e. The zero-order valence-electron chi connectivity index (χ0n) is 15.8. The summed E-state index contributed by atoms with van der Waals surface area (Å²) in [5, 5.41) is 14.3. The molecule has 8 heteroatoms. The van der Waals surface area contributed by atoms with Crippen LogP contribution in [-0.2, 0) is 9.53 Å². The van der Waals surface area contributed by atoms with E-state index in [1.54, 1.807) is 26.1 Å². The van der Waals surface area contributed by atoms with Crippen LogP contribution in [0.1, 0.15) is 40.5 Å². The number of amides is 2. The molecule has 0 saturated carbocycles. The second-order valence-corrected chi connectivity index (χ2v) is 7.42. The maximum atomic E-state index is 12.1. The van der Waals surface area contributed by atoms with Crippen molar-refractivity contribution in [3.63, 3.8) is 0 Å². The van der Waals surface area contributed by atoms with Gasteiger partial charge in [0.05, 0.1) is 24.1 Å². The summed E-state index contributed by atoms with van der Waals surface area (Å²) in [6, 6.07) is 3.29. The first-order valence-corrected chi connectivity index (χ1v) is 8.82. The first-order chi connectivity index (χ1) is 12.1. The Labute approximate surface area is 153 Å². The molecule has 2 unspecified atom stereocenters. The first-order valence-electron chi connectivity index (χ1n) is 8.82. The molecule has 1 saturated heterocycles. The van der Waals surface area contributed by atoms with Gasteiger partial charge in [-0.15, -0.1) is 0 Å². The third-order valence-corrected chi connectivity index (χ3v) is 4.17. The molecule has 1 aliphatic heterocycles. The smallest absolute Gasteiger partial charge is 0.319 e. The van der Waals surface area contributed by atoms with Gasteiger partial charge in [0, 0.05) is 25.0 Å². The lowest BCUT2D eigenvalue weighted by Gasteiger charge is -2.36. The van der Waals surface area contributed by atoms with Gasteiger partial charge in [-0.1, -0.05) is 0 Å². The maximum Gasteiger partial charge on any atom is 0.319 e. The Morgan fingerprint density at radius 3 is 2.50 bits per heavy atom. The van der Waals surface area contributed by atoms with Crippen LogP contribution in [0.2, 0.25) is 0 Å². The van der Waals surface area contributed by atoms with Gasteiger partial charge in [-0.05, 0) is 46.2 Å². The number of aliphatic carboxylic acids is 1. The predicted molar refractivity (Wildman–Crippen MR) is 99.6 cm³/mol. The molecule has 2 amide bonds. The van der Waals surface area contributed by atoms with Gasteiger partial charge in [0.2, 0.25) is 0 Å². The number of nitrogens with zero attached hydrogens (tertiary/aromatic N) is 2. The number of hydrogen-bond acceptors (Lipinski definition) is 5. The standard InChI is InChI=1S/C18H28N4O4/c1-12-10-22(11-13(2)26-12)15-6-5-14(9-19-15)20-17(25)21-18(3,4)8-7-16(23)24/h5-6,9,12-13H,7-8,10-11H2,1-4H3,(H,23,24)(H2,20,21,25). The van der Waals surface area contributed by atoms with Gasteiger partial charge >= 0.3 is 12.0 Å². The third kappa shape index (κ3) is 6.18. The van der Waals surface area contributed by atoms with Gasteiger partial charge in [0.25, 0.3) is 0 Å². The summed E-state index contributed by atoms with van der Waals surface area (Å²) in [5.74, 6) is -0.0356. The molecule has 1 aromatic heterocycles. The Morgan fingerprint density at radius 1 is 1.31 bits per heavy atom. The Hall–Kier alpha value is -2.35. The van der Waals surface area contributed by atoms with Gasteiger partial charge in [-0.2, -0.15) is 0 Å². The van der Waals surface area contributed by atoms with Crippen LogP contribution in [0.15, 0.2) is 18.3 Å². The minimum atomic E-state index is -0.883. The van der Waals surface area contributed by atoms with Gasteiger partial charge in [0.1, 0.15) is 5.82 Å². The summed E-state index contributed by atoms with van der Waals surface area (Å²) in [7, 11) is 0. The normalized spacial score (nSPS) is 20.5. The highest BCUT2D eigenvalue weighted by atomic mass is 16.5. The number of pyridine rings is 1. The number of carbonyl (C=O) groups is 2. The molecule has 0 spiro atoms. The molecule has 1 aliphatic rings. The SMILES string of the molecule is CC1CN(c2ccc(NC(=O)NC(C)(C)CCC(=O)O)cn2)CC(C)O1. The summed E-state index contributed by atoms with van der Waals surface area (Å²) >= 11 is 0. The van der Waals surface area contributed by atoms with Crippen LogP contribution >= 0.6 is 0 Å². The number of carboxylic acids is 1. The molecule has 1 aromatic rings. The number of urea groups is 1. The van der Waals surface area contributed by atoms with Crippen molar-refractivity contribution in [2.24, 2.45) is 0 Å². The number of anilines is 2. The summed E-state index contributed by atoms with van der Waals surface area (Å²) in [5.41, 5.74) is -0.0368. The Balaban J connectivity index is 1.90. The summed E-state index contributed by atoms with van der Waals surface area (Å²) in [4.78, 5) is 29.4. The maximum absolute atomic E-state index is 12.1. The molecule has 144 valence electrons. The van der Waals surface area contributed by atoms with E-state index in [0.29, 0.717) is 12.1 Å². The summed E-state index contributed by atoms with van der Waals surface area (Å²) in [6.07, 6.45) is 2.26. The molecule has 0 aliphatic carbocycles. The van der Waals surface area contributed by atoms with E-state index in [1.165, 1.54) is 0 Å². The van der Waals surface area contributed by atoms with Crippen molar-refractivity contribution >= 4 is 23.5 Å². The van der Waals surface area contributed by atoms with Crippen LogP contribution < -0.4 is 15.5 Å². The molecule has 1 fully saturated rings. The zero-order valence-corrected chi connectivity index (χ0v) is 15.8. The van der Waals surface area contributed by atoms with Gasteiger partial charge in [-0.25, -0.2) is 9.78 Å². The Morgan fingerprint density at radius 2 is 1.96 bits per heavy atom. The lowest BCUT2D eigenvalue weighted by Crippen LogP contribution is -2.46. The molecule has 3 N–H and O–H groups in total. The van der Waals surface area contributed by atoms with Gasteiger partial charge in [0.15, 0.2) is 0 Å². The van der Waals surface area contributed by atoms with E-state index in [9.17, 15) is 9.59 Å². The number of ether oxygens (including phenoxy) is 1. The fourth-order valence-electron chi connectivity index (χ4n) is 2.96. The molecule has 26 heavy (non-hydrogen) atoms. The van der Waals surface area contributed by atoms with Crippen LogP contribution in [0.5, 0.6) is 0 Å². The fraction of sp³-hybridized carbons (Fsp3) is 0.611. The van der Waals surface area contributed by atoms with Crippen LogP contribution in [0, 0.1) is 0 Å². The zero-order chi connectivity index (χ0) is 19.3. The highest BCUT2D eigenvalue weighted by molar-refractivity contribution is 5.89. The number of morpholine rings is 1. The monoisotopic (exact) mass is 364 g/mol. The van der Waals surface area contributed by atoms with E-state index in [0.717, 1.165) is 18.9 Å². The highest BCUT2D eigenvalue weighted by Gasteiger charge is 2.24. The Bertz CT molecular complexity index is 623. The van der Waals surface area contributed by atoms with E-state index in [2.05, 4.69) is 20.5 Å². The number of carbonyl (C=O) groups excluding carboxylic acids is 1. The Kier molecular flexibility index (Phi) is 6.42. The molecule has 0 bridgehead atoms. The lowest BCUT2D eigenvalue weighted by molar-refractivity contribution is -0.137. The van der Waals surface area contributed by atoms with Crippen LogP contribution in [-0.4, -0.2) is 52.9 Å². The highest BCUT2D eigenvalue weighted by Crippen LogP contribution is 2.20. The molecule has 8 nitrogen and oxygen atoms in total. The van der Waals surface area contributed by atoms with Crippen molar-refractivity contribution in [2.45, 2.75) is 58.3 Å². The number of aromatic nitrogens is 1. The molecule has 2 atom stereocenters. The molecule has 2 rings (SSSR count). The van der Waals surface area contributed by atoms with E-state index in [-0.39, 0.29) is 24.7 Å². The summed E-state index contributed by atoms with van der Waals surface area (Å²) < 4.78 is 5.72. The van der Waals surface area contributed by atoms with Crippen molar-refractivity contribution in [1.29, 1.82) is 0 Å². The van der Waals surface area contributed by atoms with Gasteiger partial charge < -0.3 is 25.4 Å². The minimum absolute atomic E-state index is 0.0000726. The molecule has 0 radical (unpaired) electrons. The van der Waals surface area contributed by atoms with Crippen molar-refractivity contribution in [2.75, 3.05) is 23.3 Å². The van der Waals surface area contributed by atoms with Crippen LogP contribution in [0.25, 0.3) is 0 Å². The number of hydrogen-bond donors (Lipinski definition) is 3. The molecular weight excluding hydrogens is 336 g/mol. The first kappa shape index (κ1) is 20.0. The van der Waals surface area contributed by atoms with Gasteiger partial charge in [-0.3, -0.25) is 4.79 Å². The van der Waals surface area contributed by atoms with E-state index in [4.69, 9.17) is 9.84 Å². The quantitative estimate of drug-likeness (QED) is 0.716. The third-order valence-electron chi connectivity index (χ3n) is 4.17. The van der Waals surface area contributed by atoms with Crippen molar-refractivity contribution in [3.8, 4) is 0 Å². The average Bonchev–Trinajstić information content (AvgIpc) is 2.52. The van der Waals surface area contributed by atoms with E-state index >= 15 is 0 Å².